The zero-order valence-corrected chi connectivity index (χ0v) is 29.9. The molecule has 10 nitrogen and oxygen atoms in total. The molecule has 0 rings (SSSR count). The van der Waals surface area contributed by atoms with Crippen molar-refractivity contribution in [2.45, 2.75) is 70.0 Å². The Hall–Kier alpha value is 0.901. The molecule has 0 aliphatic rings. The van der Waals surface area contributed by atoms with Crippen LogP contribution in [-0.2, 0) is 43.3 Å². The highest BCUT2D eigenvalue weighted by Gasteiger charge is 2.56. The normalized spacial score (nSPS) is 14.6. The van der Waals surface area contributed by atoms with Gasteiger partial charge in [-0.15, -0.1) is 0 Å². The zero-order chi connectivity index (χ0) is 26.9. The van der Waals surface area contributed by atoms with Crippen molar-refractivity contribution >= 4 is 51.6 Å². The van der Waals surface area contributed by atoms with Gasteiger partial charge in [-0.05, 0) is 57.9 Å². The van der Waals surface area contributed by atoms with Crippen molar-refractivity contribution in [2.24, 2.45) is 0 Å². The molecule has 0 amide bonds. The van der Waals surface area contributed by atoms with Crippen LogP contribution in [0.1, 0.15) is 0 Å². The smallest absolute Gasteiger partial charge is 0.395 e. The van der Waals surface area contributed by atoms with Crippen LogP contribution in [0.4, 0.5) is 0 Å². The molecule has 0 fully saturated rings. The van der Waals surface area contributed by atoms with E-state index in [1.807, 2.05) is 0 Å². The van der Waals surface area contributed by atoms with E-state index in [1.165, 1.54) is 0 Å². The average Bonchev–Trinajstić information content (AvgIpc) is 2.74. The summed E-state index contributed by atoms with van der Waals surface area (Å²) in [5, 5.41) is 0. The Kier molecular flexibility index (Phi) is 14.5. The van der Waals surface area contributed by atoms with Crippen molar-refractivity contribution < 1.29 is 43.3 Å². The van der Waals surface area contributed by atoms with E-state index in [2.05, 4.69) is 45.8 Å². The fourth-order valence-electron chi connectivity index (χ4n) is 3.36. The maximum atomic E-state index is 6.78. The van der Waals surface area contributed by atoms with Crippen molar-refractivity contribution in [3.8, 4) is 0 Å². The molecule has 0 aliphatic carbocycles. The van der Waals surface area contributed by atoms with Gasteiger partial charge in [0.05, 0.1) is 0 Å². The van der Waals surface area contributed by atoms with E-state index in [4.69, 9.17) is 43.3 Å². The summed E-state index contributed by atoms with van der Waals surface area (Å²) in [4.78, 5) is 0. The number of rotatable bonds is 19. The lowest BCUT2D eigenvalue weighted by Crippen LogP contribution is -2.63. The lowest BCUT2D eigenvalue weighted by Gasteiger charge is -2.42. The first-order chi connectivity index (χ1) is 15.5. The Bertz CT molecular complexity index is 528. The molecule has 0 aromatic rings. The molecule has 0 heterocycles. The van der Waals surface area contributed by atoms with Crippen LogP contribution in [0.25, 0.3) is 0 Å². The van der Waals surface area contributed by atoms with E-state index in [1.54, 1.807) is 49.8 Å². The third-order valence-corrected chi connectivity index (χ3v) is 25.2. The second kappa shape index (κ2) is 14.2. The quantitative estimate of drug-likeness (QED) is 0.203. The van der Waals surface area contributed by atoms with Crippen molar-refractivity contribution in [1.29, 1.82) is 0 Å². The molecule has 0 atom stereocenters. The minimum atomic E-state index is -3.46. The van der Waals surface area contributed by atoms with Crippen molar-refractivity contribution in [3.63, 3.8) is 0 Å². The third-order valence-electron chi connectivity index (χ3n) is 5.42. The highest BCUT2D eigenvalue weighted by atomic mass is 28.5. The van der Waals surface area contributed by atoms with E-state index in [0.29, 0.717) is 12.1 Å². The van der Waals surface area contributed by atoms with Gasteiger partial charge in [-0.1, -0.05) is 0 Å². The standard InChI is InChI=1S/C18H50O10Si6/c1-19-32(20-2,21-3)17-15-30(11,12)27-34(25-7,26-29(8,9)10)28-31(13,14)16-18-33(22-4,23-5)24-6/h15-18H2,1-14H3. The first-order valence-electron chi connectivity index (χ1n) is 11.4. The summed E-state index contributed by atoms with van der Waals surface area (Å²) in [6.45, 7) is 14.9. The number of hydrogen-bond donors (Lipinski definition) is 0. The highest BCUT2D eigenvalue weighted by molar-refractivity contribution is 6.89. The van der Waals surface area contributed by atoms with Gasteiger partial charge in [0.2, 0.25) is 0 Å². The van der Waals surface area contributed by atoms with Gasteiger partial charge < -0.3 is 43.3 Å². The molecule has 0 spiro atoms. The van der Waals surface area contributed by atoms with Gasteiger partial charge in [0.25, 0.3) is 0 Å². The average molecular weight is 595 g/mol. The molecular weight excluding hydrogens is 545 g/mol. The summed E-state index contributed by atoms with van der Waals surface area (Å²) >= 11 is 0. The summed E-state index contributed by atoms with van der Waals surface area (Å²) in [6, 6.07) is 2.78. The topological polar surface area (TPSA) is 92.3 Å². The van der Waals surface area contributed by atoms with E-state index in [9.17, 15) is 0 Å². The molecule has 0 N–H and O–H groups in total. The van der Waals surface area contributed by atoms with Gasteiger partial charge in [0.15, 0.2) is 25.0 Å². The Labute approximate surface area is 214 Å². The fraction of sp³-hybridized carbons (Fsp3) is 1.00. The Balaban J connectivity index is 5.82. The molecule has 0 aromatic heterocycles. The summed E-state index contributed by atoms with van der Waals surface area (Å²) in [5.41, 5.74) is 0. The van der Waals surface area contributed by atoms with Crippen LogP contribution >= 0.6 is 0 Å². The van der Waals surface area contributed by atoms with E-state index in [0.717, 1.165) is 12.1 Å². The lowest BCUT2D eigenvalue weighted by molar-refractivity contribution is 0.105. The van der Waals surface area contributed by atoms with Gasteiger partial charge in [0, 0.05) is 61.9 Å². The van der Waals surface area contributed by atoms with Crippen LogP contribution in [0.15, 0.2) is 0 Å². The van der Waals surface area contributed by atoms with Gasteiger partial charge in [-0.3, -0.25) is 0 Å². The molecular formula is C18H50O10Si6. The monoisotopic (exact) mass is 594 g/mol. The Morgan fingerprint density at radius 3 is 0.882 bits per heavy atom. The molecule has 16 heteroatoms. The highest BCUT2D eigenvalue weighted by Crippen LogP contribution is 2.32. The molecule has 0 saturated carbocycles. The van der Waals surface area contributed by atoms with Gasteiger partial charge in [-0.25, -0.2) is 0 Å². The Morgan fingerprint density at radius 2 is 0.676 bits per heavy atom. The molecule has 206 valence electrons. The largest absolute Gasteiger partial charge is 0.647 e. The van der Waals surface area contributed by atoms with Crippen molar-refractivity contribution in [3.05, 3.63) is 0 Å². The van der Waals surface area contributed by atoms with E-state index < -0.39 is 51.6 Å². The SMILES string of the molecule is CO[Si](CC[Si](C)(C)O[Si](OC)(O[Si](C)(C)C)O[Si](C)(C)CC[Si](OC)(OC)OC)(OC)OC. The lowest BCUT2D eigenvalue weighted by atomic mass is 10.9. The molecule has 0 bridgehead atoms. The summed E-state index contributed by atoms with van der Waals surface area (Å²) in [5.74, 6) is 0. The van der Waals surface area contributed by atoms with Crippen LogP contribution in [-0.4, -0.2) is 101 Å². The van der Waals surface area contributed by atoms with Crippen LogP contribution in [0.2, 0.25) is 70.0 Å². The maximum absolute atomic E-state index is 6.78. The third kappa shape index (κ3) is 11.5. The molecule has 0 unspecified atom stereocenters. The number of hydrogen-bond acceptors (Lipinski definition) is 10. The molecule has 0 aromatic carbocycles. The van der Waals surface area contributed by atoms with E-state index in [-0.39, 0.29) is 0 Å². The molecule has 0 aliphatic heterocycles. The predicted molar refractivity (Wildman–Crippen MR) is 147 cm³/mol. The molecule has 34 heavy (non-hydrogen) atoms. The molecule has 0 radical (unpaired) electrons. The second-order valence-corrected chi connectivity index (χ2v) is 32.5. The fourth-order valence-corrected chi connectivity index (χ4v) is 24.7. The van der Waals surface area contributed by atoms with Gasteiger partial charge >= 0.3 is 26.7 Å². The van der Waals surface area contributed by atoms with Crippen molar-refractivity contribution in [2.75, 3.05) is 49.8 Å². The summed E-state index contributed by atoms with van der Waals surface area (Å²) in [6.07, 6.45) is 0. The molecule has 0 saturated heterocycles. The van der Waals surface area contributed by atoms with Crippen LogP contribution in [0.3, 0.4) is 0 Å². The van der Waals surface area contributed by atoms with Crippen molar-refractivity contribution in [1.82, 2.24) is 0 Å². The minimum Gasteiger partial charge on any atom is -0.395 e. The first kappa shape index (κ1) is 34.9. The van der Waals surface area contributed by atoms with Gasteiger partial charge in [-0.2, -0.15) is 0 Å². The summed E-state index contributed by atoms with van der Waals surface area (Å²) in [7, 11) is -4.30. The van der Waals surface area contributed by atoms with Crippen LogP contribution < -0.4 is 0 Å². The van der Waals surface area contributed by atoms with Crippen LogP contribution in [0.5, 0.6) is 0 Å². The first-order valence-corrected chi connectivity index (χ1v) is 26.6. The van der Waals surface area contributed by atoms with Crippen LogP contribution in [0, 0.1) is 0 Å². The Morgan fingerprint density at radius 1 is 0.382 bits per heavy atom. The second-order valence-electron chi connectivity index (χ2n) is 10.2. The minimum absolute atomic E-state index is 0.640. The van der Waals surface area contributed by atoms with E-state index >= 15 is 0 Å². The summed E-state index contributed by atoms with van der Waals surface area (Å²) < 4.78 is 59.8. The zero-order valence-electron chi connectivity index (χ0n) is 23.9. The van der Waals surface area contributed by atoms with Gasteiger partial charge in [0.1, 0.15) is 0 Å². The predicted octanol–water partition coefficient (Wildman–Crippen LogP) is 4.12. The maximum Gasteiger partial charge on any atom is 0.647 e.